The Morgan fingerprint density at radius 1 is 1.18 bits per heavy atom. The van der Waals surface area contributed by atoms with E-state index < -0.39 is 17.2 Å². The number of aryl methyl sites for hydroxylation is 2. The van der Waals surface area contributed by atoms with E-state index in [1.54, 1.807) is 7.05 Å². The number of phenols is 1. The molecule has 0 aliphatic rings. The summed E-state index contributed by atoms with van der Waals surface area (Å²) in [7, 11) is 3.02. The van der Waals surface area contributed by atoms with Crippen LogP contribution < -0.4 is 11.2 Å². The molecule has 0 saturated carbocycles. The van der Waals surface area contributed by atoms with Crippen LogP contribution in [0.5, 0.6) is 5.75 Å². The summed E-state index contributed by atoms with van der Waals surface area (Å²) in [5.41, 5.74) is -1.39. The van der Waals surface area contributed by atoms with Gasteiger partial charge in [-0.3, -0.25) is 14.2 Å². The molecule has 0 aliphatic carbocycles. The van der Waals surface area contributed by atoms with E-state index in [0.717, 1.165) is 4.57 Å². The molecule has 0 saturated heterocycles. The quantitative estimate of drug-likeness (QED) is 0.672. The number of imidazole rings is 1. The van der Waals surface area contributed by atoms with E-state index in [1.165, 1.54) is 42.2 Å². The van der Waals surface area contributed by atoms with Crippen LogP contribution in [-0.4, -0.2) is 29.7 Å². The third-order valence-electron chi connectivity index (χ3n) is 3.46. The summed E-state index contributed by atoms with van der Waals surface area (Å²) >= 11 is 0. The van der Waals surface area contributed by atoms with E-state index in [0.29, 0.717) is 4.57 Å². The number of para-hydroxylation sites is 1. The average Bonchev–Trinajstić information content (AvgIpc) is 2.87. The zero-order chi connectivity index (χ0) is 16.0. The number of fused-ring (bicyclic) bond motifs is 1. The van der Waals surface area contributed by atoms with Crippen molar-refractivity contribution in [3.05, 3.63) is 57.0 Å². The largest absolute Gasteiger partial charge is 0.507 e. The highest BCUT2D eigenvalue weighted by Crippen LogP contribution is 2.16. The van der Waals surface area contributed by atoms with Crippen molar-refractivity contribution in [1.29, 1.82) is 0 Å². The molecule has 0 fully saturated rings. The van der Waals surface area contributed by atoms with Gasteiger partial charge in [-0.25, -0.2) is 9.78 Å². The van der Waals surface area contributed by atoms with Gasteiger partial charge in [-0.15, -0.1) is 0 Å². The van der Waals surface area contributed by atoms with Crippen LogP contribution in [0.4, 0.5) is 0 Å². The molecule has 1 aromatic carbocycles. The number of carbonyl (C=O) groups is 1. The van der Waals surface area contributed by atoms with Gasteiger partial charge in [0.1, 0.15) is 5.75 Å². The Kier molecular flexibility index (Phi) is 2.94. The smallest absolute Gasteiger partial charge is 0.339 e. The van der Waals surface area contributed by atoms with E-state index in [4.69, 9.17) is 0 Å². The Hall–Kier alpha value is -3.16. The van der Waals surface area contributed by atoms with Gasteiger partial charge in [-0.2, -0.15) is 4.57 Å². The van der Waals surface area contributed by atoms with Crippen LogP contribution in [0.2, 0.25) is 0 Å². The monoisotopic (exact) mass is 300 g/mol. The lowest BCUT2D eigenvalue weighted by Gasteiger charge is -2.08. The minimum Gasteiger partial charge on any atom is -0.507 e. The van der Waals surface area contributed by atoms with Crippen LogP contribution in [0.25, 0.3) is 11.2 Å². The first-order valence-corrected chi connectivity index (χ1v) is 6.39. The average molecular weight is 300 g/mol. The van der Waals surface area contributed by atoms with Crippen LogP contribution in [0, 0.1) is 0 Å². The fourth-order valence-corrected chi connectivity index (χ4v) is 2.30. The van der Waals surface area contributed by atoms with Gasteiger partial charge in [0.05, 0.1) is 11.9 Å². The Morgan fingerprint density at radius 2 is 1.86 bits per heavy atom. The number of benzene rings is 1. The van der Waals surface area contributed by atoms with E-state index in [-0.39, 0.29) is 22.5 Å². The van der Waals surface area contributed by atoms with Gasteiger partial charge in [0.15, 0.2) is 11.2 Å². The maximum absolute atomic E-state index is 12.5. The van der Waals surface area contributed by atoms with Crippen LogP contribution in [-0.2, 0) is 14.1 Å². The second-order valence-corrected chi connectivity index (χ2v) is 4.83. The van der Waals surface area contributed by atoms with Crippen LogP contribution in [0.3, 0.4) is 0 Å². The standard InChI is InChI=1S/C14H12N4O4/c1-16-7-15-11-10(16)13(21)18(14(22)17(11)2)12(20)8-5-3-4-6-9(8)19/h3-7,19H,1-2H3. The first-order chi connectivity index (χ1) is 10.4. The minimum atomic E-state index is -0.883. The fraction of sp³-hybridized carbons (Fsp3) is 0.143. The van der Waals surface area contributed by atoms with Gasteiger partial charge in [-0.05, 0) is 12.1 Å². The van der Waals surface area contributed by atoms with Gasteiger partial charge in [0, 0.05) is 14.1 Å². The van der Waals surface area contributed by atoms with Crippen molar-refractivity contribution in [2.45, 2.75) is 0 Å². The summed E-state index contributed by atoms with van der Waals surface area (Å²) in [5, 5.41) is 9.76. The number of hydrogen-bond donors (Lipinski definition) is 1. The van der Waals surface area contributed by atoms with Crippen molar-refractivity contribution in [2.24, 2.45) is 14.1 Å². The topological polar surface area (TPSA) is 99.1 Å². The molecule has 8 nitrogen and oxygen atoms in total. The number of aromatic hydroxyl groups is 1. The van der Waals surface area contributed by atoms with E-state index in [1.807, 2.05) is 0 Å². The van der Waals surface area contributed by atoms with E-state index in [2.05, 4.69) is 4.98 Å². The predicted octanol–water partition coefficient (Wildman–Crippen LogP) is -0.172. The molecular formula is C14H12N4O4. The number of aromatic nitrogens is 4. The molecule has 0 radical (unpaired) electrons. The molecule has 0 unspecified atom stereocenters. The van der Waals surface area contributed by atoms with E-state index >= 15 is 0 Å². The molecule has 0 amide bonds. The summed E-state index contributed by atoms with van der Waals surface area (Å²) in [5.74, 6) is -1.18. The zero-order valence-electron chi connectivity index (χ0n) is 11.8. The van der Waals surface area contributed by atoms with Crippen molar-refractivity contribution < 1.29 is 9.90 Å². The Labute approximate surface area is 123 Å². The van der Waals surface area contributed by atoms with Crippen molar-refractivity contribution in [2.75, 3.05) is 0 Å². The van der Waals surface area contributed by atoms with Gasteiger partial charge >= 0.3 is 5.69 Å². The maximum atomic E-state index is 12.5. The molecule has 0 bridgehead atoms. The van der Waals surface area contributed by atoms with Crippen molar-refractivity contribution >= 4 is 17.1 Å². The fourth-order valence-electron chi connectivity index (χ4n) is 2.30. The maximum Gasteiger partial charge on any atom is 0.339 e. The third kappa shape index (κ3) is 1.77. The number of rotatable bonds is 1. The lowest BCUT2D eigenvalue weighted by Crippen LogP contribution is -2.43. The molecule has 1 N–H and O–H groups in total. The highest BCUT2D eigenvalue weighted by Gasteiger charge is 2.22. The molecule has 0 atom stereocenters. The van der Waals surface area contributed by atoms with Crippen molar-refractivity contribution in [1.82, 2.24) is 18.7 Å². The summed E-state index contributed by atoms with van der Waals surface area (Å²) < 4.78 is 3.05. The van der Waals surface area contributed by atoms with Crippen LogP contribution in [0.15, 0.2) is 40.2 Å². The summed E-state index contributed by atoms with van der Waals surface area (Å²) in [6, 6.07) is 5.73. The third-order valence-corrected chi connectivity index (χ3v) is 3.46. The SMILES string of the molecule is Cn1cnc2c1c(=O)n(C(=O)c1ccccc1O)c(=O)n2C. The first-order valence-electron chi connectivity index (χ1n) is 6.39. The predicted molar refractivity (Wildman–Crippen MR) is 78.1 cm³/mol. The Bertz CT molecular complexity index is 1030. The van der Waals surface area contributed by atoms with Crippen LogP contribution >= 0.6 is 0 Å². The Balaban J connectivity index is 2.40. The summed E-state index contributed by atoms with van der Waals surface area (Å²) in [4.78, 5) is 41.3. The lowest BCUT2D eigenvalue weighted by molar-refractivity contribution is 0.0947. The normalized spacial score (nSPS) is 11.0. The van der Waals surface area contributed by atoms with Gasteiger partial charge in [0.2, 0.25) is 0 Å². The molecule has 112 valence electrons. The summed E-state index contributed by atoms with van der Waals surface area (Å²) in [6.45, 7) is 0. The van der Waals surface area contributed by atoms with E-state index in [9.17, 15) is 19.5 Å². The molecule has 3 aromatic rings. The van der Waals surface area contributed by atoms with Gasteiger partial charge in [0.25, 0.3) is 11.5 Å². The molecule has 2 heterocycles. The second kappa shape index (κ2) is 4.69. The molecule has 22 heavy (non-hydrogen) atoms. The molecular weight excluding hydrogens is 288 g/mol. The highest BCUT2D eigenvalue weighted by atomic mass is 16.3. The molecule has 2 aromatic heterocycles. The number of nitrogens with zero attached hydrogens (tertiary/aromatic N) is 4. The molecule has 0 aliphatic heterocycles. The Morgan fingerprint density at radius 3 is 2.55 bits per heavy atom. The molecule has 3 rings (SSSR count). The summed E-state index contributed by atoms with van der Waals surface area (Å²) in [6.07, 6.45) is 1.39. The highest BCUT2D eigenvalue weighted by molar-refractivity contribution is 5.98. The zero-order valence-corrected chi connectivity index (χ0v) is 11.8. The van der Waals surface area contributed by atoms with Gasteiger partial charge < -0.3 is 9.67 Å². The first kappa shape index (κ1) is 13.8. The lowest BCUT2D eigenvalue weighted by atomic mass is 10.2. The number of phenolic OH excluding ortho intramolecular Hbond substituents is 1. The van der Waals surface area contributed by atoms with Crippen molar-refractivity contribution in [3.8, 4) is 5.75 Å². The van der Waals surface area contributed by atoms with Crippen LogP contribution in [0.1, 0.15) is 10.4 Å². The molecule has 8 heteroatoms. The number of hydrogen-bond acceptors (Lipinski definition) is 5. The van der Waals surface area contributed by atoms with Crippen molar-refractivity contribution in [3.63, 3.8) is 0 Å². The second-order valence-electron chi connectivity index (χ2n) is 4.83. The van der Waals surface area contributed by atoms with Gasteiger partial charge in [-0.1, -0.05) is 12.1 Å². The minimum absolute atomic E-state index is 0.122. The molecule has 0 spiro atoms. The number of carbonyl (C=O) groups excluding carboxylic acids is 1.